The number of hydrogen-bond donors (Lipinski definition) is 0. The van der Waals surface area contributed by atoms with Crippen molar-refractivity contribution in [2.24, 2.45) is 0 Å². The zero-order chi connectivity index (χ0) is 11.5. The smallest absolute Gasteiger partial charge is 0.209 e. The molecule has 0 atom stereocenters. The van der Waals surface area contributed by atoms with Crippen LogP contribution < -0.4 is 4.74 Å². The molecule has 0 saturated carbocycles. The summed E-state index contributed by atoms with van der Waals surface area (Å²) in [6.45, 7) is 0. The van der Waals surface area contributed by atoms with Crippen molar-refractivity contribution in [3.63, 3.8) is 0 Å². The van der Waals surface area contributed by atoms with E-state index in [0.717, 1.165) is 0 Å². The van der Waals surface area contributed by atoms with E-state index in [1.807, 2.05) is 0 Å². The van der Waals surface area contributed by atoms with Gasteiger partial charge in [0, 0.05) is 5.56 Å². The molecule has 0 aliphatic carbocycles. The molecule has 0 radical (unpaired) electrons. The minimum Gasteiger partial charge on any atom is -0.494 e. The Balaban J connectivity index is 2.40. The largest absolute Gasteiger partial charge is 0.494 e. The topological polar surface area (TPSA) is 35.3 Å². The van der Waals surface area contributed by atoms with E-state index in [1.165, 1.54) is 13.2 Å². The molecule has 0 saturated heterocycles. The number of rotatable bonds is 3. The van der Waals surface area contributed by atoms with E-state index in [9.17, 15) is 4.39 Å². The number of ether oxygens (including phenoxy) is 1. The maximum Gasteiger partial charge on any atom is 0.209 e. The fourth-order valence-electron chi connectivity index (χ4n) is 1.32. The number of oxazole rings is 1. The highest BCUT2D eigenvalue weighted by atomic mass is 35.5. The molecule has 0 fully saturated rings. The van der Waals surface area contributed by atoms with E-state index in [2.05, 4.69) is 4.98 Å². The van der Waals surface area contributed by atoms with Gasteiger partial charge >= 0.3 is 0 Å². The molecule has 0 bridgehead atoms. The van der Waals surface area contributed by atoms with Gasteiger partial charge in [0.05, 0.1) is 19.2 Å². The van der Waals surface area contributed by atoms with Crippen LogP contribution in [0.25, 0.3) is 11.3 Å². The summed E-state index contributed by atoms with van der Waals surface area (Å²) in [5.74, 6) is 0.928. The summed E-state index contributed by atoms with van der Waals surface area (Å²) >= 11 is 5.57. The van der Waals surface area contributed by atoms with Crippen molar-refractivity contribution in [3.8, 4) is 17.1 Å². The third-order valence-electron chi connectivity index (χ3n) is 2.10. The van der Waals surface area contributed by atoms with Gasteiger partial charge < -0.3 is 9.15 Å². The van der Waals surface area contributed by atoms with Crippen molar-refractivity contribution < 1.29 is 13.5 Å². The third kappa shape index (κ3) is 2.02. The molecular formula is C11H9ClFNO2. The third-order valence-corrected chi connectivity index (χ3v) is 2.33. The van der Waals surface area contributed by atoms with E-state index in [0.29, 0.717) is 17.2 Å². The van der Waals surface area contributed by atoms with E-state index in [-0.39, 0.29) is 11.6 Å². The first-order valence-electron chi connectivity index (χ1n) is 4.59. The molecule has 3 nitrogen and oxygen atoms in total. The summed E-state index contributed by atoms with van der Waals surface area (Å²) in [5.41, 5.74) is 0.696. The number of hydrogen-bond acceptors (Lipinski definition) is 3. The van der Waals surface area contributed by atoms with Crippen LogP contribution in [0.1, 0.15) is 5.89 Å². The quantitative estimate of drug-likeness (QED) is 0.774. The van der Waals surface area contributed by atoms with Crippen LogP contribution in [-0.2, 0) is 5.88 Å². The summed E-state index contributed by atoms with van der Waals surface area (Å²) in [5, 5.41) is 0. The second-order valence-electron chi connectivity index (χ2n) is 3.10. The van der Waals surface area contributed by atoms with Crippen LogP contribution in [0.2, 0.25) is 0 Å². The van der Waals surface area contributed by atoms with Crippen LogP contribution in [0.5, 0.6) is 5.75 Å². The van der Waals surface area contributed by atoms with Crippen molar-refractivity contribution in [2.45, 2.75) is 5.88 Å². The van der Waals surface area contributed by atoms with Crippen LogP contribution in [-0.4, -0.2) is 12.1 Å². The van der Waals surface area contributed by atoms with Crippen molar-refractivity contribution in [3.05, 3.63) is 36.1 Å². The molecule has 2 aromatic rings. The van der Waals surface area contributed by atoms with Gasteiger partial charge in [0.2, 0.25) is 5.89 Å². The minimum atomic E-state index is -0.414. The maximum atomic E-state index is 13.2. The van der Waals surface area contributed by atoms with E-state index >= 15 is 0 Å². The van der Waals surface area contributed by atoms with Gasteiger partial charge in [-0.1, -0.05) is 0 Å². The predicted octanol–water partition coefficient (Wildman–Crippen LogP) is 3.23. The molecule has 0 aliphatic rings. The Kier molecular flexibility index (Phi) is 3.10. The lowest BCUT2D eigenvalue weighted by atomic mass is 10.2. The van der Waals surface area contributed by atoms with Gasteiger partial charge in [-0.3, -0.25) is 0 Å². The number of aromatic nitrogens is 1. The van der Waals surface area contributed by atoms with Gasteiger partial charge in [-0.25, -0.2) is 9.37 Å². The van der Waals surface area contributed by atoms with Crippen molar-refractivity contribution in [2.75, 3.05) is 7.11 Å². The Morgan fingerprint density at radius 2 is 2.31 bits per heavy atom. The monoisotopic (exact) mass is 241 g/mol. The second-order valence-corrected chi connectivity index (χ2v) is 3.37. The summed E-state index contributed by atoms with van der Waals surface area (Å²) in [7, 11) is 1.41. The molecular weight excluding hydrogens is 233 g/mol. The van der Waals surface area contributed by atoms with E-state index in [1.54, 1.807) is 18.3 Å². The van der Waals surface area contributed by atoms with E-state index < -0.39 is 5.82 Å². The molecule has 1 heterocycles. The van der Waals surface area contributed by atoms with Gasteiger partial charge in [0.1, 0.15) is 0 Å². The average molecular weight is 242 g/mol. The lowest BCUT2D eigenvalue weighted by molar-refractivity contribution is 0.386. The molecule has 5 heteroatoms. The predicted molar refractivity (Wildman–Crippen MR) is 58.0 cm³/mol. The fourth-order valence-corrected chi connectivity index (χ4v) is 1.44. The SMILES string of the molecule is COc1cc(-c2cnc(CCl)o2)ccc1F. The number of methoxy groups -OCH3 is 1. The Labute approximate surface area is 96.8 Å². The van der Waals surface area contributed by atoms with Crippen LogP contribution in [0.3, 0.4) is 0 Å². The maximum absolute atomic E-state index is 13.2. The Morgan fingerprint density at radius 1 is 1.50 bits per heavy atom. The molecule has 0 N–H and O–H groups in total. The van der Waals surface area contributed by atoms with Gasteiger partial charge in [0.25, 0.3) is 0 Å². The van der Waals surface area contributed by atoms with Gasteiger partial charge in [-0.15, -0.1) is 11.6 Å². The molecule has 16 heavy (non-hydrogen) atoms. The minimum absolute atomic E-state index is 0.168. The lowest BCUT2D eigenvalue weighted by Gasteiger charge is -2.03. The molecule has 0 spiro atoms. The van der Waals surface area contributed by atoms with Gasteiger partial charge in [0.15, 0.2) is 17.3 Å². The Morgan fingerprint density at radius 3 is 2.94 bits per heavy atom. The zero-order valence-electron chi connectivity index (χ0n) is 8.54. The van der Waals surface area contributed by atoms with Crippen molar-refractivity contribution >= 4 is 11.6 Å². The highest BCUT2D eigenvalue weighted by Crippen LogP contribution is 2.26. The normalized spacial score (nSPS) is 10.4. The van der Waals surface area contributed by atoms with Crippen molar-refractivity contribution in [1.82, 2.24) is 4.98 Å². The number of halogens is 2. The first-order chi connectivity index (χ1) is 7.74. The van der Waals surface area contributed by atoms with Crippen LogP contribution in [0.15, 0.2) is 28.8 Å². The summed E-state index contributed by atoms with van der Waals surface area (Å²) in [4.78, 5) is 3.96. The van der Waals surface area contributed by atoms with Crippen LogP contribution >= 0.6 is 11.6 Å². The number of benzene rings is 1. The lowest BCUT2D eigenvalue weighted by Crippen LogP contribution is -1.88. The Hall–Kier alpha value is -1.55. The molecule has 1 aromatic carbocycles. The highest BCUT2D eigenvalue weighted by molar-refractivity contribution is 6.16. The summed E-state index contributed by atoms with van der Waals surface area (Å²) in [6.07, 6.45) is 1.55. The first kappa shape index (κ1) is 11.0. The molecule has 0 unspecified atom stereocenters. The standard InChI is InChI=1S/C11H9ClFNO2/c1-15-9-4-7(2-3-8(9)13)10-6-14-11(5-12)16-10/h2-4,6H,5H2,1H3. The average Bonchev–Trinajstić information content (AvgIpc) is 2.78. The number of alkyl halides is 1. The molecule has 1 aromatic heterocycles. The van der Waals surface area contributed by atoms with Gasteiger partial charge in [-0.05, 0) is 18.2 Å². The zero-order valence-corrected chi connectivity index (χ0v) is 9.29. The molecule has 84 valence electrons. The van der Waals surface area contributed by atoms with E-state index in [4.69, 9.17) is 20.8 Å². The molecule has 0 aliphatic heterocycles. The summed E-state index contributed by atoms with van der Waals surface area (Å²) in [6, 6.07) is 4.46. The Bertz CT molecular complexity index is 498. The second kappa shape index (κ2) is 4.53. The fraction of sp³-hybridized carbons (Fsp3) is 0.182. The van der Waals surface area contributed by atoms with Crippen LogP contribution in [0, 0.1) is 5.82 Å². The molecule has 0 amide bonds. The summed E-state index contributed by atoms with van der Waals surface area (Å²) < 4.78 is 23.4. The van der Waals surface area contributed by atoms with Crippen molar-refractivity contribution in [1.29, 1.82) is 0 Å². The molecule has 2 rings (SSSR count). The first-order valence-corrected chi connectivity index (χ1v) is 5.12. The van der Waals surface area contributed by atoms with Gasteiger partial charge in [-0.2, -0.15) is 0 Å². The highest BCUT2D eigenvalue weighted by Gasteiger charge is 2.09. The number of nitrogens with zero attached hydrogens (tertiary/aromatic N) is 1. The van der Waals surface area contributed by atoms with Crippen LogP contribution in [0.4, 0.5) is 4.39 Å².